The Balaban J connectivity index is 3.08. The minimum Gasteiger partial charge on any atom is -0.397 e. The van der Waals surface area contributed by atoms with Gasteiger partial charge in [-0.05, 0) is 11.5 Å². The van der Waals surface area contributed by atoms with E-state index in [1.54, 1.807) is 24.3 Å². The van der Waals surface area contributed by atoms with Crippen LogP contribution in [0.5, 0.6) is 0 Å². The van der Waals surface area contributed by atoms with E-state index in [1.807, 2.05) is 0 Å². The molecule has 0 radical (unpaired) electrons. The van der Waals surface area contributed by atoms with Crippen LogP contribution < -0.4 is 5.73 Å². The average molecular weight is 248 g/mol. The van der Waals surface area contributed by atoms with Crippen molar-refractivity contribution in [3.63, 3.8) is 0 Å². The third kappa shape index (κ3) is 1.82. The van der Waals surface area contributed by atoms with Crippen LogP contribution in [0.2, 0.25) is 0 Å². The van der Waals surface area contributed by atoms with Crippen LogP contribution in [0.3, 0.4) is 0 Å². The highest BCUT2D eigenvalue weighted by molar-refractivity contribution is 7.86. The van der Waals surface area contributed by atoms with Gasteiger partial charge in [0, 0.05) is 5.39 Å². The first-order valence-electron chi connectivity index (χ1n) is 4.64. The van der Waals surface area contributed by atoms with Crippen LogP contribution in [-0.2, 0) is 10.1 Å². The van der Waals surface area contributed by atoms with Gasteiger partial charge in [-0.1, -0.05) is 24.3 Å². The van der Waals surface area contributed by atoms with E-state index in [9.17, 15) is 13.0 Å². The lowest BCUT2D eigenvalue weighted by atomic mass is 10.1. The largest absolute Gasteiger partial charge is 0.397 e. The molecule has 0 saturated heterocycles. The Labute approximate surface area is 97.8 Å². The van der Waals surface area contributed by atoms with Crippen LogP contribution in [0.25, 0.3) is 10.8 Å². The van der Waals surface area contributed by atoms with Crippen LogP contribution >= 0.6 is 0 Å². The van der Waals surface area contributed by atoms with Crippen LogP contribution in [0.15, 0.2) is 35.2 Å². The number of nitrogens with zero attached hydrogens (tertiary/aromatic N) is 1. The highest BCUT2D eigenvalue weighted by Crippen LogP contribution is 2.31. The minimum absolute atomic E-state index is 0.0244. The summed E-state index contributed by atoms with van der Waals surface area (Å²) in [5.41, 5.74) is 5.38. The van der Waals surface area contributed by atoms with Gasteiger partial charge in [0.15, 0.2) is 0 Å². The molecule has 5 nitrogen and oxygen atoms in total. The van der Waals surface area contributed by atoms with E-state index >= 15 is 0 Å². The Bertz CT molecular complexity index is 745. The number of anilines is 1. The molecule has 0 heterocycles. The monoisotopic (exact) mass is 248 g/mol. The van der Waals surface area contributed by atoms with E-state index in [1.165, 1.54) is 12.1 Å². The highest BCUT2D eigenvalue weighted by Gasteiger charge is 2.20. The molecule has 0 saturated carbocycles. The average Bonchev–Trinajstić information content (AvgIpc) is 2.26. The predicted molar refractivity (Wildman–Crippen MR) is 62.9 cm³/mol. The van der Waals surface area contributed by atoms with Crippen molar-refractivity contribution in [1.29, 1.82) is 5.26 Å². The Morgan fingerprint density at radius 3 is 2.53 bits per heavy atom. The molecule has 6 heteroatoms. The van der Waals surface area contributed by atoms with Crippen LogP contribution in [0.4, 0.5) is 5.69 Å². The summed E-state index contributed by atoms with van der Waals surface area (Å²) in [6, 6.07) is 9.78. The van der Waals surface area contributed by atoms with Crippen molar-refractivity contribution in [3.05, 3.63) is 35.9 Å². The molecule has 86 valence electrons. The molecule has 0 aliphatic rings. The minimum atomic E-state index is -4.47. The molecule has 0 amide bonds. The smallest absolute Gasteiger partial charge is 0.297 e. The number of benzene rings is 2. The maximum Gasteiger partial charge on any atom is 0.297 e. The molecule has 2 aromatic rings. The number of hydrogen-bond acceptors (Lipinski definition) is 4. The maximum absolute atomic E-state index is 11.3. The highest BCUT2D eigenvalue weighted by atomic mass is 32.2. The molecule has 0 atom stereocenters. The summed E-state index contributed by atoms with van der Waals surface area (Å²) in [6.45, 7) is 0. The number of rotatable bonds is 1. The quantitative estimate of drug-likeness (QED) is 0.588. The van der Waals surface area contributed by atoms with Gasteiger partial charge in [-0.25, -0.2) is 0 Å². The van der Waals surface area contributed by atoms with Crippen molar-refractivity contribution in [2.24, 2.45) is 0 Å². The van der Waals surface area contributed by atoms with Gasteiger partial charge in [0.05, 0.1) is 11.3 Å². The van der Waals surface area contributed by atoms with Gasteiger partial charge in [0.25, 0.3) is 10.1 Å². The standard InChI is InChI=1S/C11H8N2O3S/c12-6-8-5-7-3-1-2-4-9(7)11(10(8)13)17(14,15)16/h1-5H,13H2,(H,14,15,16). The fourth-order valence-electron chi connectivity index (χ4n) is 1.70. The van der Waals surface area contributed by atoms with Crippen molar-refractivity contribution in [3.8, 4) is 6.07 Å². The van der Waals surface area contributed by atoms with Crippen molar-refractivity contribution in [2.75, 3.05) is 5.73 Å². The zero-order valence-corrected chi connectivity index (χ0v) is 9.40. The summed E-state index contributed by atoms with van der Waals surface area (Å²) >= 11 is 0. The van der Waals surface area contributed by atoms with Crippen molar-refractivity contribution >= 4 is 26.6 Å². The predicted octanol–water partition coefficient (Wildman–Crippen LogP) is 1.54. The number of nitrogens with two attached hydrogens (primary N) is 1. The first-order valence-corrected chi connectivity index (χ1v) is 6.08. The van der Waals surface area contributed by atoms with Gasteiger partial charge in [0.1, 0.15) is 11.0 Å². The molecule has 0 bridgehead atoms. The van der Waals surface area contributed by atoms with Crippen molar-refractivity contribution in [2.45, 2.75) is 4.90 Å². The molecule has 0 aliphatic heterocycles. The van der Waals surface area contributed by atoms with E-state index < -0.39 is 15.0 Å². The third-order valence-electron chi connectivity index (χ3n) is 2.42. The van der Waals surface area contributed by atoms with Crippen molar-refractivity contribution < 1.29 is 13.0 Å². The lowest BCUT2D eigenvalue weighted by Crippen LogP contribution is -2.06. The van der Waals surface area contributed by atoms with E-state index in [2.05, 4.69) is 0 Å². The fourth-order valence-corrected chi connectivity index (χ4v) is 2.55. The maximum atomic E-state index is 11.3. The summed E-state index contributed by atoms with van der Waals surface area (Å²) in [4.78, 5) is -0.410. The van der Waals surface area contributed by atoms with Gasteiger partial charge < -0.3 is 5.73 Å². The number of hydrogen-bond donors (Lipinski definition) is 2. The molecule has 2 aromatic carbocycles. The van der Waals surface area contributed by atoms with E-state index in [-0.39, 0.29) is 11.3 Å². The van der Waals surface area contributed by atoms with Gasteiger partial charge >= 0.3 is 0 Å². The molecule has 0 aromatic heterocycles. The summed E-state index contributed by atoms with van der Waals surface area (Å²) in [7, 11) is -4.47. The molecule has 2 rings (SSSR count). The summed E-state index contributed by atoms with van der Waals surface area (Å²) in [5.74, 6) is 0. The molecule has 0 spiro atoms. The molecule has 0 fully saturated rings. The molecule has 3 N–H and O–H groups in total. The second-order valence-electron chi connectivity index (χ2n) is 3.47. The number of nitriles is 1. The zero-order chi connectivity index (χ0) is 12.6. The second-order valence-corrected chi connectivity index (χ2v) is 4.83. The number of fused-ring (bicyclic) bond motifs is 1. The Morgan fingerprint density at radius 1 is 1.29 bits per heavy atom. The van der Waals surface area contributed by atoms with E-state index in [0.717, 1.165) is 0 Å². The first-order chi connectivity index (χ1) is 7.95. The molecular weight excluding hydrogens is 240 g/mol. The Morgan fingerprint density at radius 2 is 1.94 bits per heavy atom. The topological polar surface area (TPSA) is 104 Å². The molecule has 0 unspecified atom stereocenters. The Hall–Kier alpha value is -2.10. The van der Waals surface area contributed by atoms with Gasteiger partial charge in [-0.15, -0.1) is 0 Å². The lowest BCUT2D eigenvalue weighted by Gasteiger charge is -2.08. The van der Waals surface area contributed by atoms with Crippen LogP contribution in [0.1, 0.15) is 5.56 Å². The Kier molecular flexibility index (Phi) is 2.50. The van der Waals surface area contributed by atoms with Gasteiger partial charge in [-0.2, -0.15) is 13.7 Å². The summed E-state index contributed by atoms with van der Waals surface area (Å²) in [6.07, 6.45) is 0. The summed E-state index contributed by atoms with van der Waals surface area (Å²) in [5, 5.41) is 9.69. The van der Waals surface area contributed by atoms with Crippen LogP contribution in [-0.4, -0.2) is 13.0 Å². The SMILES string of the molecule is N#Cc1cc2ccccc2c(S(=O)(=O)O)c1N. The van der Waals surface area contributed by atoms with E-state index in [4.69, 9.17) is 11.0 Å². The summed E-state index contributed by atoms with van der Waals surface area (Å²) < 4.78 is 31.8. The van der Waals surface area contributed by atoms with Crippen LogP contribution in [0, 0.1) is 11.3 Å². The van der Waals surface area contributed by atoms with E-state index in [0.29, 0.717) is 10.8 Å². The van der Waals surface area contributed by atoms with Crippen molar-refractivity contribution in [1.82, 2.24) is 0 Å². The second kappa shape index (κ2) is 3.73. The molecular formula is C11H8N2O3S. The number of nitrogen functional groups attached to an aromatic ring is 1. The fraction of sp³-hybridized carbons (Fsp3) is 0. The third-order valence-corrected chi connectivity index (χ3v) is 3.37. The van der Waals surface area contributed by atoms with Gasteiger partial charge in [0.2, 0.25) is 0 Å². The normalized spacial score (nSPS) is 11.3. The lowest BCUT2D eigenvalue weighted by molar-refractivity contribution is 0.484. The molecule has 17 heavy (non-hydrogen) atoms. The molecule has 0 aliphatic carbocycles. The first kappa shape index (κ1) is 11.4. The van der Waals surface area contributed by atoms with Gasteiger partial charge in [-0.3, -0.25) is 4.55 Å². The zero-order valence-electron chi connectivity index (χ0n) is 8.58.